The van der Waals surface area contributed by atoms with Crippen molar-refractivity contribution in [3.05, 3.63) is 59.5 Å². The first-order chi connectivity index (χ1) is 9.74. The number of furan rings is 1. The standard InChI is InChI=1S/C17H21NO2/c1-12(11-16(19)17-7-4-10-20-17)18-15-9-8-13-5-2-3-6-14(13)15/h2-7,10,12,15-16,18-19H,8-9,11H2,1H3. The van der Waals surface area contributed by atoms with Crippen molar-refractivity contribution in [2.75, 3.05) is 0 Å². The van der Waals surface area contributed by atoms with Crippen molar-refractivity contribution in [1.29, 1.82) is 0 Å². The summed E-state index contributed by atoms with van der Waals surface area (Å²) in [5.41, 5.74) is 2.86. The fourth-order valence-electron chi connectivity index (χ4n) is 3.07. The maximum absolute atomic E-state index is 10.1. The summed E-state index contributed by atoms with van der Waals surface area (Å²) in [6.45, 7) is 2.12. The number of rotatable bonds is 5. The third-order valence-electron chi connectivity index (χ3n) is 4.07. The topological polar surface area (TPSA) is 45.4 Å². The van der Waals surface area contributed by atoms with Gasteiger partial charge in [-0.3, -0.25) is 0 Å². The highest BCUT2D eigenvalue weighted by molar-refractivity contribution is 5.34. The van der Waals surface area contributed by atoms with Crippen LogP contribution in [-0.4, -0.2) is 11.1 Å². The monoisotopic (exact) mass is 271 g/mol. The molecule has 2 aromatic rings. The number of nitrogens with one attached hydrogen (secondary N) is 1. The molecule has 106 valence electrons. The summed E-state index contributed by atoms with van der Waals surface area (Å²) in [5, 5.41) is 13.7. The van der Waals surface area contributed by atoms with Gasteiger partial charge in [-0.25, -0.2) is 0 Å². The van der Waals surface area contributed by atoms with Crippen LogP contribution < -0.4 is 5.32 Å². The van der Waals surface area contributed by atoms with Crippen LogP contribution in [0.15, 0.2) is 47.1 Å². The fourth-order valence-corrected chi connectivity index (χ4v) is 3.07. The van der Waals surface area contributed by atoms with E-state index >= 15 is 0 Å². The van der Waals surface area contributed by atoms with E-state index < -0.39 is 6.10 Å². The summed E-state index contributed by atoms with van der Waals surface area (Å²) in [4.78, 5) is 0. The average molecular weight is 271 g/mol. The highest BCUT2D eigenvalue weighted by Crippen LogP contribution is 2.31. The van der Waals surface area contributed by atoms with Gasteiger partial charge >= 0.3 is 0 Å². The molecule has 0 fully saturated rings. The molecule has 0 amide bonds. The Hall–Kier alpha value is -1.58. The summed E-state index contributed by atoms with van der Waals surface area (Å²) in [7, 11) is 0. The predicted molar refractivity (Wildman–Crippen MR) is 78.4 cm³/mol. The van der Waals surface area contributed by atoms with E-state index in [0.717, 1.165) is 12.8 Å². The van der Waals surface area contributed by atoms with Crippen LogP contribution in [0.25, 0.3) is 0 Å². The van der Waals surface area contributed by atoms with Crippen LogP contribution in [0, 0.1) is 0 Å². The molecule has 3 rings (SSSR count). The van der Waals surface area contributed by atoms with Crippen LogP contribution in [-0.2, 0) is 6.42 Å². The van der Waals surface area contributed by atoms with Crippen molar-refractivity contribution >= 4 is 0 Å². The molecule has 0 radical (unpaired) electrons. The average Bonchev–Trinajstić information content (AvgIpc) is 3.09. The van der Waals surface area contributed by atoms with Gasteiger partial charge in [-0.15, -0.1) is 0 Å². The smallest absolute Gasteiger partial charge is 0.132 e. The van der Waals surface area contributed by atoms with Gasteiger partial charge in [0.1, 0.15) is 11.9 Å². The summed E-state index contributed by atoms with van der Waals surface area (Å²) < 4.78 is 5.24. The third kappa shape index (κ3) is 2.79. The van der Waals surface area contributed by atoms with Gasteiger partial charge in [0.2, 0.25) is 0 Å². The van der Waals surface area contributed by atoms with Gasteiger partial charge in [0.05, 0.1) is 6.26 Å². The van der Waals surface area contributed by atoms with Crippen LogP contribution in [0.2, 0.25) is 0 Å². The normalized spacial score (nSPS) is 20.6. The van der Waals surface area contributed by atoms with Crippen molar-refractivity contribution in [2.45, 2.75) is 44.4 Å². The Bertz CT molecular complexity index is 550. The molecule has 1 aromatic carbocycles. The first kappa shape index (κ1) is 13.4. The predicted octanol–water partition coefficient (Wildman–Crippen LogP) is 3.37. The van der Waals surface area contributed by atoms with Crippen LogP contribution in [0.3, 0.4) is 0 Å². The molecule has 3 heteroatoms. The number of hydrogen-bond acceptors (Lipinski definition) is 3. The second-order valence-corrected chi connectivity index (χ2v) is 5.62. The second-order valence-electron chi connectivity index (χ2n) is 5.62. The zero-order valence-corrected chi connectivity index (χ0v) is 11.8. The molecule has 3 nitrogen and oxygen atoms in total. The van der Waals surface area contributed by atoms with Gasteiger partial charge in [0.25, 0.3) is 0 Å². The summed E-state index contributed by atoms with van der Waals surface area (Å²) in [6, 6.07) is 12.9. The Morgan fingerprint density at radius 2 is 2.15 bits per heavy atom. The van der Waals surface area contributed by atoms with Crippen LogP contribution in [0.5, 0.6) is 0 Å². The fraction of sp³-hybridized carbons (Fsp3) is 0.412. The minimum absolute atomic E-state index is 0.242. The Balaban J connectivity index is 1.59. The van der Waals surface area contributed by atoms with E-state index in [1.807, 2.05) is 12.1 Å². The van der Waals surface area contributed by atoms with Crippen LogP contribution >= 0.6 is 0 Å². The molecule has 1 aliphatic rings. The van der Waals surface area contributed by atoms with Gasteiger partial charge in [-0.1, -0.05) is 24.3 Å². The van der Waals surface area contributed by atoms with Gasteiger partial charge in [0.15, 0.2) is 0 Å². The number of aliphatic hydroxyl groups is 1. The highest BCUT2D eigenvalue weighted by Gasteiger charge is 2.24. The molecule has 1 heterocycles. The van der Waals surface area contributed by atoms with Crippen LogP contribution in [0.1, 0.15) is 48.8 Å². The van der Waals surface area contributed by atoms with E-state index in [2.05, 4.69) is 36.5 Å². The summed E-state index contributed by atoms with van der Waals surface area (Å²) in [5.74, 6) is 0.644. The van der Waals surface area contributed by atoms with Crippen molar-refractivity contribution in [2.24, 2.45) is 0 Å². The molecule has 1 aromatic heterocycles. The number of aliphatic hydroxyl groups excluding tert-OH is 1. The largest absolute Gasteiger partial charge is 0.467 e. The van der Waals surface area contributed by atoms with Crippen molar-refractivity contribution < 1.29 is 9.52 Å². The van der Waals surface area contributed by atoms with Gasteiger partial charge in [0, 0.05) is 12.1 Å². The molecule has 0 saturated carbocycles. The number of fused-ring (bicyclic) bond motifs is 1. The molecule has 0 bridgehead atoms. The molecular formula is C17H21NO2. The lowest BCUT2D eigenvalue weighted by atomic mass is 10.0. The van der Waals surface area contributed by atoms with Gasteiger partial charge < -0.3 is 14.8 Å². The maximum Gasteiger partial charge on any atom is 0.132 e. The molecule has 0 aliphatic heterocycles. The van der Waals surface area contributed by atoms with Gasteiger partial charge in [-0.05, 0) is 49.4 Å². The van der Waals surface area contributed by atoms with Crippen molar-refractivity contribution in [1.82, 2.24) is 5.32 Å². The zero-order valence-electron chi connectivity index (χ0n) is 11.8. The number of benzene rings is 1. The zero-order chi connectivity index (χ0) is 13.9. The molecule has 3 unspecified atom stereocenters. The first-order valence-electron chi connectivity index (χ1n) is 7.29. The highest BCUT2D eigenvalue weighted by atomic mass is 16.4. The van der Waals surface area contributed by atoms with E-state index in [9.17, 15) is 5.11 Å². The summed E-state index contributed by atoms with van der Waals surface area (Å²) >= 11 is 0. The quantitative estimate of drug-likeness (QED) is 0.876. The molecule has 3 atom stereocenters. The first-order valence-corrected chi connectivity index (χ1v) is 7.29. The SMILES string of the molecule is CC(CC(O)c1ccco1)NC1CCc2ccccc21. The summed E-state index contributed by atoms with van der Waals surface area (Å²) in [6.07, 6.45) is 4.00. The lowest BCUT2D eigenvalue weighted by Gasteiger charge is -2.22. The minimum Gasteiger partial charge on any atom is -0.467 e. The van der Waals surface area contributed by atoms with Crippen LogP contribution in [0.4, 0.5) is 0 Å². The molecule has 0 saturated heterocycles. The Kier molecular flexibility index (Phi) is 3.90. The molecular weight excluding hydrogens is 250 g/mol. The van der Waals surface area contributed by atoms with E-state index in [0.29, 0.717) is 18.2 Å². The third-order valence-corrected chi connectivity index (χ3v) is 4.07. The number of hydrogen-bond donors (Lipinski definition) is 2. The Morgan fingerprint density at radius 1 is 1.30 bits per heavy atom. The Labute approximate surface area is 119 Å². The van der Waals surface area contributed by atoms with Gasteiger partial charge in [-0.2, -0.15) is 0 Å². The number of aryl methyl sites for hydroxylation is 1. The lowest BCUT2D eigenvalue weighted by Crippen LogP contribution is -2.30. The van der Waals surface area contributed by atoms with E-state index in [4.69, 9.17) is 4.42 Å². The van der Waals surface area contributed by atoms with E-state index in [1.165, 1.54) is 11.1 Å². The van der Waals surface area contributed by atoms with E-state index in [-0.39, 0.29) is 6.04 Å². The minimum atomic E-state index is -0.538. The molecule has 1 aliphatic carbocycles. The molecule has 2 N–H and O–H groups in total. The van der Waals surface area contributed by atoms with Crippen molar-refractivity contribution in [3.8, 4) is 0 Å². The molecule has 0 spiro atoms. The lowest BCUT2D eigenvalue weighted by molar-refractivity contribution is 0.126. The van der Waals surface area contributed by atoms with E-state index in [1.54, 1.807) is 6.26 Å². The maximum atomic E-state index is 10.1. The second kappa shape index (κ2) is 5.81. The van der Waals surface area contributed by atoms with Crippen molar-refractivity contribution in [3.63, 3.8) is 0 Å². The Morgan fingerprint density at radius 3 is 2.95 bits per heavy atom. The molecule has 20 heavy (non-hydrogen) atoms.